The minimum Gasteiger partial charge on any atom is -0.475 e. The highest BCUT2D eigenvalue weighted by Crippen LogP contribution is 2.18. The molecule has 0 saturated carbocycles. The lowest BCUT2D eigenvalue weighted by Gasteiger charge is -2.22. The molecule has 0 spiro atoms. The van der Waals surface area contributed by atoms with Crippen molar-refractivity contribution in [3.05, 3.63) is 35.9 Å². The van der Waals surface area contributed by atoms with Crippen LogP contribution in [0, 0.1) is 5.92 Å². The van der Waals surface area contributed by atoms with E-state index in [0.29, 0.717) is 5.92 Å². The van der Waals surface area contributed by atoms with Crippen molar-refractivity contribution in [3.8, 4) is 0 Å². The highest BCUT2D eigenvalue weighted by molar-refractivity contribution is 5.73. The van der Waals surface area contributed by atoms with Gasteiger partial charge in [0.1, 0.15) is 0 Å². The molecule has 0 saturated heterocycles. The van der Waals surface area contributed by atoms with E-state index in [-0.39, 0.29) is 0 Å². The van der Waals surface area contributed by atoms with Gasteiger partial charge in [0.15, 0.2) is 0 Å². The number of carboxylic acids is 3. The molecule has 12 nitrogen and oxygen atoms in total. The van der Waals surface area contributed by atoms with Crippen LogP contribution in [0.15, 0.2) is 24.7 Å². The molecule has 1 atom stereocenters. The van der Waals surface area contributed by atoms with Crippen molar-refractivity contribution >= 4 is 17.9 Å². The predicted molar refractivity (Wildman–Crippen MR) is 116 cm³/mol. The zero-order valence-electron chi connectivity index (χ0n) is 21.0. The van der Waals surface area contributed by atoms with Gasteiger partial charge < -0.3 is 20.1 Å². The molecule has 0 aromatic carbocycles. The average Bonchev–Trinajstić information content (AvgIpc) is 3.37. The summed E-state index contributed by atoms with van der Waals surface area (Å²) >= 11 is 0. The Balaban J connectivity index is 0.000000631. The maximum atomic E-state index is 10.6. The SMILES string of the molecule is COCC1CN(Cc2cnn(C)c2)Cc2ccnn2C1.O=C(O)C(F)(F)F.O=C(O)C(F)(F)F.O=C(O)C(F)(F)F. The topological polar surface area (TPSA) is 160 Å². The average molecular weight is 617 g/mol. The number of carbonyl (C=O) groups is 3. The largest absolute Gasteiger partial charge is 0.490 e. The number of rotatable bonds is 4. The van der Waals surface area contributed by atoms with Gasteiger partial charge in [0, 0.05) is 64.2 Å². The molecule has 1 aliphatic rings. The number of fused-ring (bicyclic) bond motifs is 1. The Morgan fingerprint density at radius 3 is 1.73 bits per heavy atom. The van der Waals surface area contributed by atoms with Crippen LogP contribution in [0.25, 0.3) is 0 Å². The number of alkyl halides is 9. The van der Waals surface area contributed by atoms with Crippen LogP contribution >= 0.6 is 0 Å². The van der Waals surface area contributed by atoms with Gasteiger partial charge in [-0.05, 0) is 6.07 Å². The van der Waals surface area contributed by atoms with E-state index in [1.807, 2.05) is 24.1 Å². The van der Waals surface area contributed by atoms with E-state index in [1.165, 1.54) is 11.3 Å². The molecule has 2 aromatic heterocycles. The molecule has 0 bridgehead atoms. The number of carboxylic acid groups (broad SMARTS) is 3. The van der Waals surface area contributed by atoms with Crippen molar-refractivity contribution in [2.75, 3.05) is 20.3 Å². The lowest BCUT2D eigenvalue weighted by Crippen LogP contribution is -2.29. The Bertz CT molecular complexity index is 1060. The molecule has 1 unspecified atom stereocenters. The number of halogens is 9. The fourth-order valence-corrected chi connectivity index (χ4v) is 2.89. The van der Waals surface area contributed by atoms with Gasteiger partial charge in [-0.2, -0.15) is 49.7 Å². The van der Waals surface area contributed by atoms with Crippen LogP contribution in [0.4, 0.5) is 39.5 Å². The molecule has 0 aliphatic carbocycles. The standard InChI is InChI=1S/C14H21N5O.3C2HF3O2/c1-17-6-12(5-16-17)7-18-8-13(11-20-2)9-19-14(10-18)3-4-15-19;3*3-2(4,5)1(6)7/h3-6,13H,7-11H2,1-2H3;3*(H,6,7). The Kier molecular flexibility index (Phi) is 14.3. The lowest BCUT2D eigenvalue weighted by atomic mass is 10.1. The maximum Gasteiger partial charge on any atom is 0.490 e. The Morgan fingerprint density at radius 2 is 1.37 bits per heavy atom. The first-order valence-electron chi connectivity index (χ1n) is 10.7. The normalized spacial score (nSPS) is 15.4. The molecular formula is C20H24F9N5O7. The van der Waals surface area contributed by atoms with Crippen molar-refractivity contribution < 1.29 is 74.0 Å². The first kappa shape index (κ1) is 37.1. The van der Waals surface area contributed by atoms with E-state index < -0.39 is 36.4 Å². The van der Waals surface area contributed by atoms with Crippen molar-refractivity contribution in [1.29, 1.82) is 0 Å². The molecule has 1 aliphatic heterocycles. The summed E-state index contributed by atoms with van der Waals surface area (Å²) in [6.45, 7) is 4.56. The monoisotopic (exact) mass is 617 g/mol. The zero-order chi connectivity index (χ0) is 32.2. The predicted octanol–water partition coefficient (Wildman–Crippen LogP) is 2.79. The van der Waals surface area contributed by atoms with E-state index in [9.17, 15) is 39.5 Å². The number of nitrogens with zero attached hydrogens (tertiary/aromatic N) is 5. The molecule has 3 N–H and O–H groups in total. The van der Waals surface area contributed by atoms with Crippen molar-refractivity contribution in [2.45, 2.75) is 38.2 Å². The fraction of sp³-hybridized carbons (Fsp3) is 0.550. The number of hydrogen-bond donors (Lipinski definition) is 3. The second kappa shape index (κ2) is 15.8. The molecule has 0 amide bonds. The Morgan fingerprint density at radius 1 is 0.902 bits per heavy atom. The number of methoxy groups -OCH3 is 1. The summed E-state index contributed by atoms with van der Waals surface area (Å²) in [5.41, 5.74) is 2.52. The smallest absolute Gasteiger partial charge is 0.475 e. The highest BCUT2D eigenvalue weighted by Gasteiger charge is 2.39. The molecule has 21 heteroatoms. The van der Waals surface area contributed by atoms with E-state index in [4.69, 9.17) is 34.4 Å². The van der Waals surface area contributed by atoms with Crippen LogP contribution in [0.2, 0.25) is 0 Å². The number of hydrogen-bond acceptors (Lipinski definition) is 7. The number of aliphatic carboxylic acids is 3. The van der Waals surface area contributed by atoms with Crippen LogP contribution < -0.4 is 0 Å². The number of aromatic nitrogens is 4. The second-order valence-corrected chi connectivity index (χ2v) is 7.93. The van der Waals surface area contributed by atoms with Crippen molar-refractivity contribution in [2.24, 2.45) is 13.0 Å². The van der Waals surface area contributed by atoms with Crippen molar-refractivity contribution in [1.82, 2.24) is 24.5 Å². The van der Waals surface area contributed by atoms with Crippen LogP contribution in [-0.4, -0.2) is 96.5 Å². The molecular weight excluding hydrogens is 593 g/mol. The summed E-state index contributed by atoms with van der Waals surface area (Å²) in [4.78, 5) is 29.1. The maximum absolute atomic E-state index is 10.6. The number of aryl methyl sites for hydroxylation is 1. The van der Waals surface area contributed by atoms with Gasteiger partial charge in [-0.15, -0.1) is 0 Å². The van der Waals surface area contributed by atoms with Crippen LogP contribution in [-0.2, 0) is 45.8 Å². The Labute approximate surface area is 224 Å². The summed E-state index contributed by atoms with van der Waals surface area (Å²) in [5, 5.41) is 30.0. The van der Waals surface area contributed by atoms with Crippen molar-refractivity contribution in [3.63, 3.8) is 0 Å². The van der Waals surface area contributed by atoms with Crippen LogP contribution in [0.5, 0.6) is 0 Å². The van der Waals surface area contributed by atoms with E-state index in [2.05, 4.69) is 32.0 Å². The third kappa shape index (κ3) is 15.5. The summed E-state index contributed by atoms with van der Waals surface area (Å²) in [5.74, 6) is -7.80. The summed E-state index contributed by atoms with van der Waals surface area (Å²) in [6.07, 6.45) is -9.35. The quantitative estimate of drug-likeness (QED) is 0.436. The Hall–Kier alpha value is -3.88. The molecule has 0 radical (unpaired) electrons. The van der Waals surface area contributed by atoms with Gasteiger partial charge >= 0.3 is 36.4 Å². The van der Waals surface area contributed by atoms with Gasteiger partial charge in [0.05, 0.1) is 18.5 Å². The summed E-state index contributed by atoms with van der Waals surface area (Å²) < 4.78 is 105. The summed E-state index contributed by atoms with van der Waals surface area (Å²) in [7, 11) is 3.72. The van der Waals surface area contributed by atoms with Crippen LogP contribution in [0.1, 0.15) is 11.3 Å². The van der Waals surface area contributed by atoms with Gasteiger partial charge in [-0.1, -0.05) is 0 Å². The molecule has 2 aromatic rings. The lowest BCUT2D eigenvalue weighted by molar-refractivity contribution is -0.193. The van der Waals surface area contributed by atoms with Gasteiger partial charge in [0.25, 0.3) is 0 Å². The molecule has 41 heavy (non-hydrogen) atoms. The second-order valence-electron chi connectivity index (χ2n) is 7.93. The highest BCUT2D eigenvalue weighted by atomic mass is 19.4. The van der Waals surface area contributed by atoms with Gasteiger partial charge in [-0.25, -0.2) is 14.4 Å². The van der Waals surface area contributed by atoms with Crippen LogP contribution in [0.3, 0.4) is 0 Å². The van der Waals surface area contributed by atoms with Gasteiger partial charge in [-0.3, -0.25) is 14.3 Å². The van der Waals surface area contributed by atoms with Gasteiger partial charge in [0.2, 0.25) is 0 Å². The third-order valence-corrected chi connectivity index (χ3v) is 4.43. The zero-order valence-corrected chi connectivity index (χ0v) is 21.0. The summed E-state index contributed by atoms with van der Waals surface area (Å²) in [6, 6.07) is 2.10. The minimum absolute atomic E-state index is 0.470. The third-order valence-electron chi connectivity index (χ3n) is 4.43. The minimum atomic E-state index is -5.08. The molecule has 3 heterocycles. The first-order valence-corrected chi connectivity index (χ1v) is 10.7. The van der Waals surface area contributed by atoms with E-state index in [1.54, 1.807) is 7.11 Å². The fourth-order valence-electron chi connectivity index (χ4n) is 2.89. The molecule has 0 fully saturated rings. The van der Waals surface area contributed by atoms with E-state index >= 15 is 0 Å². The number of ether oxygens (including phenoxy) is 1. The first-order chi connectivity index (χ1) is 18.6. The molecule has 3 rings (SSSR count). The molecule has 234 valence electrons. The van der Waals surface area contributed by atoms with E-state index in [0.717, 1.165) is 32.8 Å².